The normalized spacial score (nSPS) is 11.0. The van der Waals surface area contributed by atoms with E-state index in [4.69, 9.17) is 16.0 Å². The summed E-state index contributed by atoms with van der Waals surface area (Å²) in [6.45, 7) is 4.86. The van der Waals surface area contributed by atoms with Crippen LogP contribution in [0.1, 0.15) is 23.9 Å². The van der Waals surface area contributed by atoms with Gasteiger partial charge >= 0.3 is 0 Å². The molecule has 21 heavy (non-hydrogen) atoms. The van der Waals surface area contributed by atoms with Crippen LogP contribution >= 0.6 is 11.6 Å². The third-order valence-corrected chi connectivity index (χ3v) is 3.76. The molecule has 0 aliphatic rings. The van der Waals surface area contributed by atoms with Gasteiger partial charge in [0.2, 0.25) is 0 Å². The van der Waals surface area contributed by atoms with Gasteiger partial charge < -0.3 is 9.73 Å². The van der Waals surface area contributed by atoms with Crippen LogP contribution in [0.4, 0.5) is 5.69 Å². The molecule has 0 atom stereocenters. The Hall–Kier alpha value is -2.00. The summed E-state index contributed by atoms with van der Waals surface area (Å²) in [5, 5.41) is 4.19. The average Bonchev–Trinajstić information content (AvgIpc) is 2.88. The number of aromatic nitrogens is 1. The lowest BCUT2D eigenvalue weighted by molar-refractivity contribution is 0.538. The number of aryl methyl sites for hydroxylation is 2. The molecule has 108 valence electrons. The van der Waals surface area contributed by atoms with Gasteiger partial charge in [0.15, 0.2) is 11.5 Å². The highest BCUT2D eigenvalue weighted by molar-refractivity contribution is 6.30. The van der Waals surface area contributed by atoms with Crippen LogP contribution in [-0.2, 0) is 13.0 Å². The van der Waals surface area contributed by atoms with Crippen LogP contribution in [0.2, 0.25) is 5.02 Å². The van der Waals surface area contributed by atoms with Gasteiger partial charge in [-0.1, -0.05) is 24.6 Å². The maximum atomic E-state index is 5.98. The lowest BCUT2D eigenvalue weighted by Crippen LogP contribution is -2.01. The number of halogens is 1. The molecule has 0 aliphatic carbocycles. The number of benzene rings is 2. The van der Waals surface area contributed by atoms with E-state index < -0.39 is 0 Å². The monoisotopic (exact) mass is 300 g/mol. The first-order valence-corrected chi connectivity index (χ1v) is 7.42. The molecule has 3 rings (SSSR count). The number of nitrogens with zero attached hydrogens (tertiary/aromatic N) is 1. The van der Waals surface area contributed by atoms with Crippen LogP contribution in [0.15, 0.2) is 40.8 Å². The second-order valence-electron chi connectivity index (χ2n) is 5.07. The Morgan fingerprint density at radius 3 is 2.81 bits per heavy atom. The second-order valence-corrected chi connectivity index (χ2v) is 5.50. The van der Waals surface area contributed by atoms with Gasteiger partial charge in [-0.3, -0.25) is 0 Å². The highest BCUT2D eigenvalue weighted by Gasteiger charge is 2.05. The number of rotatable bonds is 4. The van der Waals surface area contributed by atoms with E-state index in [1.807, 2.05) is 37.3 Å². The first kappa shape index (κ1) is 14.0. The number of hydrogen-bond acceptors (Lipinski definition) is 3. The van der Waals surface area contributed by atoms with Crippen molar-refractivity contribution in [2.75, 3.05) is 5.32 Å². The topological polar surface area (TPSA) is 38.1 Å². The van der Waals surface area contributed by atoms with Gasteiger partial charge in [0.1, 0.15) is 5.52 Å². The SMILES string of the molecule is CCc1nc2cc(NCc3ccc(Cl)cc3C)ccc2o1. The third kappa shape index (κ3) is 3.03. The third-order valence-electron chi connectivity index (χ3n) is 3.52. The lowest BCUT2D eigenvalue weighted by Gasteiger charge is -2.09. The van der Waals surface area contributed by atoms with E-state index in [0.717, 1.165) is 40.7 Å². The number of nitrogens with one attached hydrogen (secondary N) is 1. The summed E-state index contributed by atoms with van der Waals surface area (Å²) in [5.74, 6) is 0.774. The van der Waals surface area contributed by atoms with Crippen molar-refractivity contribution in [3.63, 3.8) is 0 Å². The van der Waals surface area contributed by atoms with Crippen LogP contribution in [0, 0.1) is 6.92 Å². The first-order chi connectivity index (χ1) is 10.2. The molecule has 0 fully saturated rings. The molecule has 0 unspecified atom stereocenters. The summed E-state index contributed by atoms with van der Waals surface area (Å²) in [6, 6.07) is 11.9. The molecule has 0 amide bonds. The summed E-state index contributed by atoms with van der Waals surface area (Å²) in [6.07, 6.45) is 0.807. The van der Waals surface area contributed by atoms with E-state index in [1.54, 1.807) is 0 Å². The molecule has 1 heterocycles. The number of hydrogen-bond donors (Lipinski definition) is 1. The van der Waals surface area contributed by atoms with Crippen LogP contribution in [0.25, 0.3) is 11.1 Å². The molecule has 0 saturated heterocycles. The van der Waals surface area contributed by atoms with E-state index >= 15 is 0 Å². The Balaban J connectivity index is 1.78. The van der Waals surface area contributed by atoms with Gasteiger partial charge in [-0.15, -0.1) is 0 Å². The Labute approximate surface area is 128 Å². The molecule has 0 bridgehead atoms. The summed E-state index contributed by atoms with van der Waals surface area (Å²) in [7, 11) is 0. The molecule has 3 aromatic rings. The van der Waals surface area contributed by atoms with Gasteiger partial charge in [0.05, 0.1) is 0 Å². The van der Waals surface area contributed by atoms with Crippen molar-refractivity contribution in [3.05, 3.63) is 58.4 Å². The fourth-order valence-electron chi connectivity index (χ4n) is 2.29. The van der Waals surface area contributed by atoms with Crippen molar-refractivity contribution in [2.24, 2.45) is 0 Å². The second kappa shape index (κ2) is 5.78. The molecule has 2 aromatic carbocycles. The maximum absolute atomic E-state index is 5.98. The van der Waals surface area contributed by atoms with Crippen molar-refractivity contribution in [3.8, 4) is 0 Å². The Morgan fingerprint density at radius 1 is 1.19 bits per heavy atom. The molecule has 0 saturated carbocycles. The minimum atomic E-state index is 0.757. The molecular weight excluding hydrogens is 284 g/mol. The molecular formula is C17H17ClN2O. The van der Waals surface area contributed by atoms with E-state index in [1.165, 1.54) is 11.1 Å². The van der Waals surface area contributed by atoms with Gasteiger partial charge in [0, 0.05) is 23.7 Å². The average molecular weight is 301 g/mol. The van der Waals surface area contributed by atoms with E-state index in [-0.39, 0.29) is 0 Å². The van der Waals surface area contributed by atoms with E-state index in [9.17, 15) is 0 Å². The Morgan fingerprint density at radius 2 is 2.05 bits per heavy atom. The van der Waals surface area contributed by atoms with E-state index in [0.29, 0.717) is 0 Å². The van der Waals surface area contributed by atoms with Crippen LogP contribution in [-0.4, -0.2) is 4.98 Å². The number of fused-ring (bicyclic) bond motifs is 1. The molecule has 3 nitrogen and oxygen atoms in total. The van der Waals surface area contributed by atoms with Crippen molar-refractivity contribution in [1.29, 1.82) is 0 Å². The first-order valence-electron chi connectivity index (χ1n) is 7.04. The van der Waals surface area contributed by atoms with Gasteiger partial charge in [-0.2, -0.15) is 0 Å². The largest absolute Gasteiger partial charge is 0.441 e. The summed E-state index contributed by atoms with van der Waals surface area (Å²) in [4.78, 5) is 4.45. The molecule has 0 spiro atoms. The van der Waals surface area contributed by atoms with Gasteiger partial charge in [-0.05, 0) is 48.4 Å². The summed E-state index contributed by atoms with van der Waals surface area (Å²) >= 11 is 5.98. The fraction of sp³-hybridized carbons (Fsp3) is 0.235. The standard InChI is InChI=1S/C17H17ClN2O/c1-3-17-20-15-9-14(6-7-16(15)21-17)19-10-12-4-5-13(18)8-11(12)2/h4-9,19H,3,10H2,1-2H3. The van der Waals surface area contributed by atoms with E-state index in [2.05, 4.69) is 23.3 Å². The zero-order chi connectivity index (χ0) is 14.8. The van der Waals surface area contributed by atoms with Crippen molar-refractivity contribution in [2.45, 2.75) is 26.8 Å². The zero-order valence-corrected chi connectivity index (χ0v) is 12.9. The minimum Gasteiger partial charge on any atom is -0.441 e. The van der Waals surface area contributed by atoms with Crippen molar-refractivity contribution in [1.82, 2.24) is 4.98 Å². The van der Waals surface area contributed by atoms with Crippen LogP contribution in [0.3, 0.4) is 0 Å². The molecule has 1 aromatic heterocycles. The van der Waals surface area contributed by atoms with Crippen molar-refractivity contribution < 1.29 is 4.42 Å². The highest BCUT2D eigenvalue weighted by atomic mass is 35.5. The molecule has 0 radical (unpaired) electrons. The summed E-state index contributed by atoms with van der Waals surface area (Å²) in [5.41, 5.74) is 5.18. The molecule has 1 N–H and O–H groups in total. The Bertz CT molecular complexity index is 780. The number of anilines is 1. The quantitative estimate of drug-likeness (QED) is 0.739. The maximum Gasteiger partial charge on any atom is 0.195 e. The lowest BCUT2D eigenvalue weighted by atomic mass is 10.1. The molecule has 0 aliphatic heterocycles. The van der Waals surface area contributed by atoms with Gasteiger partial charge in [-0.25, -0.2) is 4.98 Å². The highest BCUT2D eigenvalue weighted by Crippen LogP contribution is 2.22. The number of oxazole rings is 1. The minimum absolute atomic E-state index is 0.757. The fourth-order valence-corrected chi connectivity index (χ4v) is 2.52. The van der Waals surface area contributed by atoms with Crippen LogP contribution in [0.5, 0.6) is 0 Å². The Kier molecular flexibility index (Phi) is 3.84. The molecule has 4 heteroatoms. The zero-order valence-electron chi connectivity index (χ0n) is 12.1. The van der Waals surface area contributed by atoms with Crippen LogP contribution < -0.4 is 5.32 Å². The smallest absolute Gasteiger partial charge is 0.195 e. The van der Waals surface area contributed by atoms with Crippen molar-refractivity contribution >= 4 is 28.4 Å². The predicted molar refractivity (Wildman–Crippen MR) is 86.9 cm³/mol. The predicted octanol–water partition coefficient (Wildman–Crippen LogP) is 4.96. The summed E-state index contributed by atoms with van der Waals surface area (Å²) < 4.78 is 5.61. The van der Waals surface area contributed by atoms with Gasteiger partial charge in [0.25, 0.3) is 0 Å².